The van der Waals surface area contributed by atoms with Crippen LogP contribution in [-0.4, -0.2) is 43.1 Å². The second-order valence-electron chi connectivity index (χ2n) is 8.67. The molecule has 0 bridgehead atoms. The first-order valence-electron chi connectivity index (χ1n) is 11.7. The summed E-state index contributed by atoms with van der Waals surface area (Å²) in [5, 5.41) is 14.8. The quantitative estimate of drug-likeness (QED) is 0.249. The molecule has 202 valence electrons. The van der Waals surface area contributed by atoms with Gasteiger partial charge in [-0.3, -0.25) is 4.79 Å². The van der Waals surface area contributed by atoms with Gasteiger partial charge < -0.3 is 9.84 Å². The summed E-state index contributed by atoms with van der Waals surface area (Å²) in [4.78, 5) is 13.0. The number of hydrazone groups is 1. The Morgan fingerprint density at radius 3 is 2.39 bits per heavy atom. The van der Waals surface area contributed by atoms with Crippen LogP contribution in [0.15, 0.2) is 58.5 Å². The number of benzene rings is 3. The maximum atomic E-state index is 13.8. The van der Waals surface area contributed by atoms with Crippen molar-refractivity contribution in [3.63, 3.8) is 0 Å². The number of ether oxygens (including phenoxy) is 1. The normalized spacial score (nSPS) is 11.8. The van der Waals surface area contributed by atoms with Gasteiger partial charge in [0, 0.05) is 12.1 Å². The van der Waals surface area contributed by atoms with Crippen LogP contribution in [0.5, 0.6) is 11.5 Å². The SMILES string of the molecule is CCOc1cccc(/C=N/NC(=O)CN(Cc2ccc(Cl)c(Cl)c2)S(=O)(=O)c2c(C)cc(C)cc2C)c1O. The molecule has 0 saturated carbocycles. The van der Waals surface area contributed by atoms with Crippen LogP contribution >= 0.6 is 23.2 Å². The lowest BCUT2D eigenvalue weighted by Crippen LogP contribution is -2.39. The molecule has 0 spiro atoms. The van der Waals surface area contributed by atoms with Crippen molar-refractivity contribution < 1.29 is 23.1 Å². The summed E-state index contributed by atoms with van der Waals surface area (Å²) in [6.07, 6.45) is 1.25. The average Bonchev–Trinajstić information content (AvgIpc) is 2.82. The van der Waals surface area contributed by atoms with Gasteiger partial charge in [0.25, 0.3) is 5.91 Å². The number of nitrogens with zero attached hydrogens (tertiary/aromatic N) is 2. The lowest BCUT2D eigenvalue weighted by Gasteiger charge is -2.24. The van der Waals surface area contributed by atoms with Gasteiger partial charge in [0.15, 0.2) is 11.5 Å². The number of rotatable bonds is 10. The molecule has 2 N–H and O–H groups in total. The maximum Gasteiger partial charge on any atom is 0.255 e. The summed E-state index contributed by atoms with van der Waals surface area (Å²) in [5.41, 5.74) is 5.29. The number of carbonyl (C=O) groups excluding carboxylic acids is 1. The summed E-state index contributed by atoms with van der Waals surface area (Å²) in [6, 6.07) is 13.2. The highest BCUT2D eigenvalue weighted by molar-refractivity contribution is 7.89. The molecule has 11 heteroatoms. The van der Waals surface area contributed by atoms with Gasteiger partial charge in [0.1, 0.15) is 0 Å². The summed E-state index contributed by atoms with van der Waals surface area (Å²) >= 11 is 12.2. The van der Waals surface area contributed by atoms with Crippen LogP contribution in [0.1, 0.15) is 34.7 Å². The van der Waals surface area contributed by atoms with Gasteiger partial charge in [-0.2, -0.15) is 9.41 Å². The fourth-order valence-electron chi connectivity index (χ4n) is 4.06. The van der Waals surface area contributed by atoms with Gasteiger partial charge in [-0.25, -0.2) is 13.8 Å². The van der Waals surface area contributed by atoms with Crippen LogP contribution in [0.2, 0.25) is 10.0 Å². The molecule has 38 heavy (non-hydrogen) atoms. The van der Waals surface area contributed by atoms with Crippen molar-refractivity contribution in [1.82, 2.24) is 9.73 Å². The van der Waals surface area contributed by atoms with E-state index in [1.54, 1.807) is 69.3 Å². The number of aryl methyl sites for hydroxylation is 3. The van der Waals surface area contributed by atoms with E-state index in [0.717, 1.165) is 9.87 Å². The molecule has 0 unspecified atom stereocenters. The molecule has 3 aromatic rings. The highest BCUT2D eigenvalue weighted by atomic mass is 35.5. The van der Waals surface area contributed by atoms with Crippen LogP contribution in [0, 0.1) is 20.8 Å². The number of hydrogen-bond donors (Lipinski definition) is 2. The second-order valence-corrected chi connectivity index (χ2v) is 11.4. The molecule has 3 aromatic carbocycles. The van der Waals surface area contributed by atoms with E-state index in [1.165, 1.54) is 6.21 Å². The third kappa shape index (κ3) is 7.05. The first-order chi connectivity index (χ1) is 17.9. The maximum absolute atomic E-state index is 13.8. The van der Waals surface area contributed by atoms with E-state index in [4.69, 9.17) is 27.9 Å². The Balaban J connectivity index is 1.89. The van der Waals surface area contributed by atoms with E-state index in [0.29, 0.717) is 33.9 Å². The van der Waals surface area contributed by atoms with Crippen molar-refractivity contribution in [1.29, 1.82) is 0 Å². The monoisotopic (exact) mass is 577 g/mol. The zero-order valence-corrected chi connectivity index (χ0v) is 23.8. The van der Waals surface area contributed by atoms with Crippen LogP contribution in [0.4, 0.5) is 0 Å². The molecule has 3 rings (SSSR count). The third-order valence-electron chi connectivity index (χ3n) is 5.59. The Morgan fingerprint density at radius 1 is 1.08 bits per heavy atom. The molecule has 0 fully saturated rings. The highest BCUT2D eigenvalue weighted by Crippen LogP contribution is 2.29. The molecule has 0 saturated heterocycles. The topological polar surface area (TPSA) is 108 Å². The molecule has 0 heterocycles. The average molecular weight is 579 g/mol. The summed E-state index contributed by atoms with van der Waals surface area (Å²) < 4.78 is 34.0. The number of para-hydroxylation sites is 1. The summed E-state index contributed by atoms with van der Waals surface area (Å²) in [7, 11) is -4.10. The van der Waals surface area contributed by atoms with Gasteiger partial charge >= 0.3 is 0 Å². The van der Waals surface area contributed by atoms with E-state index in [-0.39, 0.29) is 28.0 Å². The summed E-state index contributed by atoms with van der Waals surface area (Å²) in [5.74, 6) is -0.514. The fourth-order valence-corrected chi connectivity index (χ4v) is 6.17. The van der Waals surface area contributed by atoms with Crippen LogP contribution < -0.4 is 10.2 Å². The van der Waals surface area contributed by atoms with E-state index in [9.17, 15) is 18.3 Å². The number of hydrogen-bond acceptors (Lipinski definition) is 6. The number of nitrogens with one attached hydrogen (secondary N) is 1. The largest absolute Gasteiger partial charge is 0.504 e. The Kier molecular flexibility index (Phi) is 9.78. The number of halogens is 2. The van der Waals surface area contributed by atoms with Crippen molar-refractivity contribution in [2.24, 2.45) is 5.10 Å². The van der Waals surface area contributed by atoms with Gasteiger partial charge in [-0.05, 0) is 68.7 Å². The van der Waals surface area contributed by atoms with Crippen molar-refractivity contribution in [2.75, 3.05) is 13.2 Å². The Labute approximate surface area is 232 Å². The Bertz CT molecular complexity index is 1450. The minimum absolute atomic E-state index is 0.124. The number of carbonyl (C=O) groups is 1. The third-order valence-corrected chi connectivity index (χ3v) is 8.43. The number of amides is 1. The predicted octanol–water partition coefficient (Wildman–Crippen LogP) is 5.36. The zero-order valence-electron chi connectivity index (χ0n) is 21.5. The standard InChI is InChI=1S/C27H29Cl2N3O5S/c1-5-37-24-8-6-7-21(26(24)34)14-30-31-25(33)16-32(15-20-9-10-22(28)23(29)13-20)38(35,36)27-18(3)11-17(2)12-19(27)4/h6-14,34H,5,15-16H2,1-4H3,(H,31,33)/b30-14+. The fraction of sp³-hybridized carbons (Fsp3) is 0.259. The Hall–Kier alpha value is -3.11. The van der Waals surface area contributed by atoms with E-state index in [1.807, 2.05) is 6.92 Å². The van der Waals surface area contributed by atoms with Crippen molar-refractivity contribution >= 4 is 45.3 Å². The van der Waals surface area contributed by atoms with Crippen LogP contribution in [0.25, 0.3) is 0 Å². The van der Waals surface area contributed by atoms with Gasteiger partial charge in [0.2, 0.25) is 10.0 Å². The zero-order chi connectivity index (χ0) is 28.0. The van der Waals surface area contributed by atoms with E-state index in [2.05, 4.69) is 10.5 Å². The molecule has 1 amide bonds. The minimum Gasteiger partial charge on any atom is -0.504 e. The number of phenols is 1. The molecule has 0 aliphatic heterocycles. The van der Waals surface area contributed by atoms with E-state index >= 15 is 0 Å². The molecule has 0 aliphatic carbocycles. The van der Waals surface area contributed by atoms with Gasteiger partial charge in [-0.1, -0.05) is 53.0 Å². The molecule has 8 nitrogen and oxygen atoms in total. The molecule has 0 aromatic heterocycles. The molecule has 0 atom stereocenters. The van der Waals surface area contributed by atoms with Crippen molar-refractivity contribution in [3.05, 3.63) is 86.4 Å². The highest BCUT2D eigenvalue weighted by Gasteiger charge is 2.30. The molecule has 0 radical (unpaired) electrons. The number of aromatic hydroxyl groups is 1. The van der Waals surface area contributed by atoms with Crippen molar-refractivity contribution in [2.45, 2.75) is 39.1 Å². The lowest BCUT2D eigenvalue weighted by atomic mass is 10.1. The number of sulfonamides is 1. The van der Waals surface area contributed by atoms with Gasteiger partial charge in [0.05, 0.1) is 34.3 Å². The first-order valence-corrected chi connectivity index (χ1v) is 13.9. The minimum atomic E-state index is -4.10. The second kappa shape index (κ2) is 12.6. The molecular formula is C27H29Cl2N3O5S. The van der Waals surface area contributed by atoms with Crippen molar-refractivity contribution in [3.8, 4) is 11.5 Å². The summed E-state index contributed by atoms with van der Waals surface area (Å²) in [6.45, 7) is 6.84. The lowest BCUT2D eigenvalue weighted by molar-refractivity contribution is -0.121. The first kappa shape index (κ1) is 29.4. The molecular weight excluding hydrogens is 549 g/mol. The Morgan fingerprint density at radius 2 is 1.76 bits per heavy atom. The van der Waals surface area contributed by atoms with Crippen LogP contribution in [0.3, 0.4) is 0 Å². The smallest absolute Gasteiger partial charge is 0.255 e. The predicted molar refractivity (Wildman–Crippen MR) is 150 cm³/mol. The molecule has 0 aliphatic rings. The number of phenolic OH excluding ortho intramolecular Hbond substituents is 1. The van der Waals surface area contributed by atoms with E-state index < -0.39 is 22.5 Å². The van der Waals surface area contributed by atoms with Crippen LogP contribution in [-0.2, 0) is 21.4 Å². The van der Waals surface area contributed by atoms with Gasteiger partial charge in [-0.15, -0.1) is 0 Å².